The summed E-state index contributed by atoms with van der Waals surface area (Å²) >= 11 is 0. The van der Waals surface area contributed by atoms with E-state index >= 15 is 0 Å². The van der Waals surface area contributed by atoms with E-state index in [1.807, 2.05) is 31.1 Å². The molecule has 0 aliphatic rings. The standard InChI is InChI=1S/C17H17NO4/c1-18(2)11-4-6-13-15(8-11)22-16-9-12(21-10-20-3)5-7-14(16)17(13)19/h4-9H,10H2,1-3H3. The summed E-state index contributed by atoms with van der Waals surface area (Å²) in [4.78, 5) is 14.5. The third-order valence-corrected chi connectivity index (χ3v) is 3.49. The second kappa shape index (κ2) is 5.69. The van der Waals surface area contributed by atoms with Gasteiger partial charge in [0.15, 0.2) is 6.79 Å². The molecule has 22 heavy (non-hydrogen) atoms. The third kappa shape index (κ3) is 2.51. The van der Waals surface area contributed by atoms with Gasteiger partial charge in [0.1, 0.15) is 16.9 Å². The van der Waals surface area contributed by atoms with Crippen LogP contribution in [0, 0.1) is 0 Å². The maximum atomic E-state index is 12.6. The summed E-state index contributed by atoms with van der Waals surface area (Å²) < 4.78 is 16.1. The highest BCUT2D eigenvalue weighted by atomic mass is 16.7. The fraction of sp³-hybridized carbons (Fsp3) is 0.235. The summed E-state index contributed by atoms with van der Waals surface area (Å²) in [5, 5.41) is 1.11. The predicted molar refractivity (Wildman–Crippen MR) is 86.8 cm³/mol. The van der Waals surface area contributed by atoms with E-state index in [1.54, 1.807) is 31.4 Å². The molecule has 5 nitrogen and oxygen atoms in total. The van der Waals surface area contributed by atoms with Gasteiger partial charge in [-0.2, -0.15) is 0 Å². The van der Waals surface area contributed by atoms with Crippen LogP contribution in [0.2, 0.25) is 0 Å². The van der Waals surface area contributed by atoms with E-state index in [0.29, 0.717) is 27.7 Å². The first-order valence-electron chi connectivity index (χ1n) is 6.90. The molecule has 0 saturated heterocycles. The van der Waals surface area contributed by atoms with E-state index < -0.39 is 0 Å². The van der Waals surface area contributed by atoms with Crippen LogP contribution in [0.4, 0.5) is 5.69 Å². The number of ether oxygens (including phenoxy) is 2. The van der Waals surface area contributed by atoms with Gasteiger partial charge in [0, 0.05) is 39.0 Å². The summed E-state index contributed by atoms with van der Waals surface area (Å²) in [7, 11) is 5.44. The first-order chi connectivity index (χ1) is 10.6. The number of hydrogen-bond donors (Lipinski definition) is 0. The van der Waals surface area contributed by atoms with Crippen molar-refractivity contribution in [2.24, 2.45) is 0 Å². The summed E-state index contributed by atoms with van der Waals surface area (Å²) in [5.41, 5.74) is 2.00. The quantitative estimate of drug-likeness (QED) is 0.547. The number of anilines is 1. The van der Waals surface area contributed by atoms with Crippen molar-refractivity contribution in [1.82, 2.24) is 0 Å². The lowest BCUT2D eigenvalue weighted by atomic mass is 10.1. The van der Waals surface area contributed by atoms with E-state index in [2.05, 4.69) is 0 Å². The van der Waals surface area contributed by atoms with Crippen LogP contribution in [0.15, 0.2) is 45.6 Å². The molecule has 3 rings (SSSR count). The number of rotatable bonds is 4. The Balaban J connectivity index is 2.21. The highest BCUT2D eigenvalue weighted by Crippen LogP contribution is 2.25. The molecule has 1 heterocycles. The van der Waals surface area contributed by atoms with E-state index in [-0.39, 0.29) is 12.2 Å². The minimum atomic E-state index is -0.0418. The van der Waals surface area contributed by atoms with Crippen molar-refractivity contribution in [2.75, 3.05) is 32.9 Å². The Bertz CT molecular complexity index is 883. The average molecular weight is 299 g/mol. The molecule has 2 aromatic carbocycles. The predicted octanol–water partition coefficient (Wildman–Crippen LogP) is 2.99. The first kappa shape index (κ1) is 14.4. The van der Waals surface area contributed by atoms with Gasteiger partial charge >= 0.3 is 0 Å². The van der Waals surface area contributed by atoms with Crippen LogP contribution in [-0.2, 0) is 4.74 Å². The molecule has 114 valence electrons. The van der Waals surface area contributed by atoms with Crippen molar-refractivity contribution in [3.05, 3.63) is 46.6 Å². The van der Waals surface area contributed by atoms with Crippen molar-refractivity contribution in [2.45, 2.75) is 0 Å². The molecule has 0 atom stereocenters. The van der Waals surface area contributed by atoms with Gasteiger partial charge in [-0.1, -0.05) is 0 Å². The Morgan fingerprint density at radius 3 is 2.41 bits per heavy atom. The van der Waals surface area contributed by atoms with Crippen LogP contribution in [0.3, 0.4) is 0 Å². The molecule has 0 amide bonds. The van der Waals surface area contributed by atoms with Crippen molar-refractivity contribution in [3.8, 4) is 5.75 Å². The highest BCUT2D eigenvalue weighted by Gasteiger charge is 2.10. The van der Waals surface area contributed by atoms with Crippen molar-refractivity contribution >= 4 is 27.6 Å². The molecule has 0 fully saturated rings. The summed E-state index contributed by atoms with van der Waals surface area (Å²) in [6.45, 7) is 0.147. The van der Waals surface area contributed by atoms with Gasteiger partial charge in [-0.15, -0.1) is 0 Å². The van der Waals surface area contributed by atoms with Crippen LogP contribution >= 0.6 is 0 Å². The fourth-order valence-electron chi connectivity index (χ4n) is 2.32. The Labute approximate surface area is 127 Å². The monoisotopic (exact) mass is 299 g/mol. The maximum Gasteiger partial charge on any atom is 0.200 e. The number of methoxy groups -OCH3 is 1. The molecule has 0 aliphatic carbocycles. The minimum Gasteiger partial charge on any atom is -0.467 e. The van der Waals surface area contributed by atoms with Gasteiger partial charge in [0.2, 0.25) is 5.43 Å². The van der Waals surface area contributed by atoms with E-state index in [0.717, 1.165) is 5.69 Å². The summed E-state index contributed by atoms with van der Waals surface area (Å²) in [6, 6.07) is 10.7. The zero-order chi connectivity index (χ0) is 15.7. The van der Waals surface area contributed by atoms with Crippen LogP contribution in [0.5, 0.6) is 5.75 Å². The lowest BCUT2D eigenvalue weighted by Crippen LogP contribution is -2.09. The molecule has 3 aromatic rings. The fourth-order valence-corrected chi connectivity index (χ4v) is 2.32. The molecule has 0 aliphatic heterocycles. The number of benzene rings is 2. The highest BCUT2D eigenvalue weighted by molar-refractivity contribution is 5.91. The van der Waals surface area contributed by atoms with Gasteiger partial charge in [-0.25, -0.2) is 0 Å². The topological polar surface area (TPSA) is 51.9 Å². The normalized spacial score (nSPS) is 11.0. The van der Waals surface area contributed by atoms with E-state index in [9.17, 15) is 4.79 Å². The molecular formula is C17H17NO4. The van der Waals surface area contributed by atoms with Gasteiger partial charge in [0.05, 0.1) is 10.8 Å². The third-order valence-electron chi connectivity index (χ3n) is 3.49. The number of hydrogen-bond acceptors (Lipinski definition) is 5. The molecular weight excluding hydrogens is 282 g/mol. The van der Waals surface area contributed by atoms with Crippen LogP contribution < -0.4 is 15.1 Å². The maximum absolute atomic E-state index is 12.6. The molecule has 0 bridgehead atoms. The zero-order valence-corrected chi connectivity index (χ0v) is 12.8. The van der Waals surface area contributed by atoms with Crippen molar-refractivity contribution in [3.63, 3.8) is 0 Å². The van der Waals surface area contributed by atoms with Crippen LogP contribution in [-0.4, -0.2) is 28.0 Å². The lowest BCUT2D eigenvalue weighted by molar-refractivity contribution is 0.0512. The smallest absolute Gasteiger partial charge is 0.200 e. The van der Waals surface area contributed by atoms with E-state index in [1.165, 1.54) is 0 Å². The molecule has 0 N–H and O–H groups in total. The Kier molecular flexibility index (Phi) is 3.73. The Morgan fingerprint density at radius 1 is 1.05 bits per heavy atom. The number of nitrogens with zero attached hydrogens (tertiary/aromatic N) is 1. The Hall–Kier alpha value is -2.53. The Morgan fingerprint density at radius 2 is 1.73 bits per heavy atom. The second-order valence-electron chi connectivity index (χ2n) is 5.21. The van der Waals surface area contributed by atoms with Gasteiger partial charge in [-0.3, -0.25) is 4.79 Å². The minimum absolute atomic E-state index is 0.0418. The molecule has 0 spiro atoms. The largest absolute Gasteiger partial charge is 0.467 e. The summed E-state index contributed by atoms with van der Waals surface area (Å²) in [5.74, 6) is 0.598. The molecule has 5 heteroatoms. The molecule has 0 saturated carbocycles. The summed E-state index contributed by atoms with van der Waals surface area (Å²) in [6.07, 6.45) is 0. The zero-order valence-electron chi connectivity index (χ0n) is 12.8. The SMILES string of the molecule is COCOc1ccc2c(=O)c3ccc(N(C)C)cc3oc2c1. The molecule has 1 aromatic heterocycles. The lowest BCUT2D eigenvalue weighted by Gasteiger charge is -2.12. The van der Waals surface area contributed by atoms with Crippen molar-refractivity contribution < 1.29 is 13.9 Å². The van der Waals surface area contributed by atoms with Crippen LogP contribution in [0.25, 0.3) is 21.9 Å². The first-order valence-corrected chi connectivity index (χ1v) is 6.90. The molecule has 0 unspecified atom stereocenters. The molecule has 0 radical (unpaired) electrons. The van der Waals surface area contributed by atoms with Gasteiger partial charge in [-0.05, 0) is 24.3 Å². The number of fused-ring (bicyclic) bond motifs is 2. The van der Waals surface area contributed by atoms with Crippen molar-refractivity contribution in [1.29, 1.82) is 0 Å². The van der Waals surface area contributed by atoms with Gasteiger partial charge < -0.3 is 18.8 Å². The van der Waals surface area contributed by atoms with Crippen LogP contribution in [0.1, 0.15) is 0 Å². The average Bonchev–Trinajstić information content (AvgIpc) is 2.52. The second-order valence-corrected chi connectivity index (χ2v) is 5.21. The van der Waals surface area contributed by atoms with Gasteiger partial charge in [0.25, 0.3) is 0 Å². The van der Waals surface area contributed by atoms with E-state index in [4.69, 9.17) is 13.9 Å².